The summed E-state index contributed by atoms with van der Waals surface area (Å²) < 4.78 is 59.1. The average molecular weight is 614 g/mol. The van der Waals surface area contributed by atoms with Gasteiger partial charge in [-0.15, -0.1) is 0 Å². The molecule has 4 heterocycles. The van der Waals surface area contributed by atoms with Crippen LogP contribution in [0.15, 0.2) is 23.8 Å². The van der Waals surface area contributed by atoms with Gasteiger partial charge in [0.1, 0.15) is 18.5 Å². The third-order valence-corrected chi connectivity index (χ3v) is 18.9. The van der Waals surface area contributed by atoms with Crippen LogP contribution in [0.2, 0.25) is 36.3 Å². The molecule has 0 unspecified atom stereocenters. The van der Waals surface area contributed by atoms with Crippen molar-refractivity contribution in [3.05, 3.63) is 23.8 Å². The van der Waals surface area contributed by atoms with Crippen molar-refractivity contribution in [1.82, 2.24) is 19.5 Å². The molecule has 0 amide bonds. The molecule has 2 aromatic heterocycles. The van der Waals surface area contributed by atoms with Gasteiger partial charge in [0, 0.05) is 0 Å². The van der Waals surface area contributed by atoms with E-state index in [4.69, 9.17) is 28.2 Å². The molecule has 2 N–H and O–H groups in total. The summed E-state index contributed by atoms with van der Waals surface area (Å²) in [4.78, 5) is 13.1. The maximum absolute atomic E-state index is 12.9. The van der Waals surface area contributed by atoms with Gasteiger partial charge in [0.2, 0.25) is 5.88 Å². The third-order valence-electron chi connectivity index (χ3n) is 8.86. The summed E-state index contributed by atoms with van der Waals surface area (Å²) in [5.74, 6) is 0.301. The molecule has 12 nitrogen and oxygen atoms in total. The van der Waals surface area contributed by atoms with Crippen molar-refractivity contribution in [3.63, 3.8) is 0 Å². The molecular weight excluding hydrogens is 571 g/mol. The van der Waals surface area contributed by atoms with Gasteiger partial charge in [0.25, 0.3) is 10.1 Å². The Labute approximate surface area is 239 Å². The molecule has 2 aliphatic rings. The number of nitrogens with zero attached hydrogens (tertiary/aromatic N) is 4. The fraction of sp³-hybridized carbons (Fsp3) is 0.720. The second-order valence-corrected chi connectivity index (χ2v) is 24.5. The lowest BCUT2D eigenvalue weighted by Crippen LogP contribution is -2.59. The molecule has 0 aromatic carbocycles. The fourth-order valence-electron chi connectivity index (χ4n) is 4.38. The Hall–Kier alpha value is -1.89. The minimum atomic E-state index is -4.12. The maximum Gasteiger partial charge on any atom is 0.292 e. The van der Waals surface area contributed by atoms with E-state index in [2.05, 4.69) is 82.7 Å². The Kier molecular flexibility index (Phi) is 7.65. The predicted octanol–water partition coefficient (Wildman–Crippen LogP) is 4.04. The quantitative estimate of drug-likeness (QED) is 0.356. The normalized spacial score (nSPS) is 27.5. The standard InChI is InChI=1S/C25H43N5O7SSi2/c1-23(2,3)39(8,9)34-12-17-25(16(26)13-38(31,32)37-25)19(36-40(10,11)24(4,5)6)22(35-17)30-15-29-18-20(30)27-14-28-21(18)33-7/h13-15,17,19,22H,12,26H2,1-11H3/t17-,19+,22-,25-/m1/s1. The molecule has 40 heavy (non-hydrogen) atoms. The molecule has 0 bridgehead atoms. The van der Waals surface area contributed by atoms with Gasteiger partial charge in [-0.1, -0.05) is 41.5 Å². The highest BCUT2D eigenvalue weighted by molar-refractivity contribution is 7.90. The highest BCUT2D eigenvalue weighted by Gasteiger charge is 2.67. The summed E-state index contributed by atoms with van der Waals surface area (Å²) in [5.41, 5.74) is 5.78. The van der Waals surface area contributed by atoms with Gasteiger partial charge in [0.05, 0.1) is 31.1 Å². The van der Waals surface area contributed by atoms with Gasteiger partial charge in [-0.05, 0) is 36.3 Å². The van der Waals surface area contributed by atoms with Crippen molar-refractivity contribution < 1.29 is 30.9 Å². The number of hydrogen-bond donors (Lipinski definition) is 1. The van der Waals surface area contributed by atoms with Gasteiger partial charge < -0.3 is 24.1 Å². The smallest absolute Gasteiger partial charge is 0.292 e. The van der Waals surface area contributed by atoms with Crippen molar-refractivity contribution in [2.24, 2.45) is 5.73 Å². The van der Waals surface area contributed by atoms with E-state index in [0.29, 0.717) is 17.0 Å². The molecule has 0 radical (unpaired) electrons. The highest BCUT2D eigenvalue weighted by atomic mass is 32.2. The van der Waals surface area contributed by atoms with Crippen LogP contribution in [0.25, 0.3) is 11.2 Å². The minimum absolute atomic E-state index is 0.0131. The summed E-state index contributed by atoms with van der Waals surface area (Å²) in [7, 11) is -7.45. The molecule has 4 rings (SSSR count). The third kappa shape index (κ3) is 5.14. The Morgan fingerprint density at radius 2 is 1.68 bits per heavy atom. The SMILES string of the molecule is COc1ncnc2c1ncn2[C@@H]1O[C@H](CO[Si](C)(C)C(C)(C)C)[C@@]2(OS(=O)(=O)C=C2N)[C@H]1O[Si](C)(C)C(C)(C)C. The van der Waals surface area contributed by atoms with Crippen molar-refractivity contribution >= 4 is 37.9 Å². The number of imidazole rings is 1. The average Bonchev–Trinajstić information content (AvgIpc) is 3.43. The number of fused-ring (bicyclic) bond motifs is 1. The monoisotopic (exact) mass is 613 g/mol. The molecule has 2 aliphatic heterocycles. The second kappa shape index (κ2) is 9.85. The molecule has 1 spiro atoms. The topological polar surface area (TPSA) is 150 Å². The second-order valence-electron chi connectivity index (χ2n) is 13.5. The van der Waals surface area contributed by atoms with Gasteiger partial charge in [-0.2, -0.15) is 13.4 Å². The van der Waals surface area contributed by atoms with E-state index >= 15 is 0 Å². The van der Waals surface area contributed by atoms with E-state index < -0.39 is 50.8 Å². The molecule has 2 aromatic rings. The largest absolute Gasteiger partial charge is 0.479 e. The zero-order chi connectivity index (χ0) is 30.1. The highest BCUT2D eigenvalue weighted by Crippen LogP contribution is 2.52. The van der Waals surface area contributed by atoms with Crippen molar-refractivity contribution in [2.75, 3.05) is 13.7 Å². The van der Waals surface area contributed by atoms with Crippen LogP contribution in [0.1, 0.15) is 47.8 Å². The van der Waals surface area contributed by atoms with E-state index in [1.54, 1.807) is 10.9 Å². The number of aromatic nitrogens is 4. The van der Waals surface area contributed by atoms with Crippen molar-refractivity contribution in [1.29, 1.82) is 0 Å². The molecular formula is C25H43N5O7SSi2. The Balaban J connectivity index is 1.90. The Morgan fingerprint density at radius 3 is 2.20 bits per heavy atom. The van der Waals surface area contributed by atoms with Crippen molar-refractivity contribution in [2.45, 2.75) is 102 Å². The Morgan fingerprint density at radius 1 is 1.05 bits per heavy atom. The number of methoxy groups -OCH3 is 1. The lowest BCUT2D eigenvalue weighted by molar-refractivity contribution is -0.0535. The lowest BCUT2D eigenvalue weighted by atomic mass is 9.89. The summed E-state index contributed by atoms with van der Waals surface area (Å²) in [6.07, 6.45) is 0.163. The predicted molar refractivity (Wildman–Crippen MR) is 156 cm³/mol. The maximum atomic E-state index is 12.9. The van der Waals surface area contributed by atoms with Gasteiger partial charge >= 0.3 is 0 Å². The van der Waals surface area contributed by atoms with Crippen LogP contribution in [0.3, 0.4) is 0 Å². The lowest BCUT2D eigenvalue weighted by Gasteiger charge is -2.43. The van der Waals surface area contributed by atoms with E-state index in [-0.39, 0.29) is 22.4 Å². The van der Waals surface area contributed by atoms with Crippen LogP contribution < -0.4 is 10.5 Å². The number of hydrogen-bond acceptors (Lipinski definition) is 11. The van der Waals surface area contributed by atoms with E-state index in [0.717, 1.165) is 5.41 Å². The molecule has 0 saturated carbocycles. The molecule has 1 saturated heterocycles. The summed E-state index contributed by atoms with van der Waals surface area (Å²) in [6, 6.07) is 0. The molecule has 4 atom stereocenters. The van der Waals surface area contributed by atoms with Crippen LogP contribution in [0.4, 0.5) is 0 Å². The number of nitrogens with two attached hydrogens (primary N) is 1. The van der Waals surface area contributed by atoms with Crippen LogP contribution in [0.5, 0.6) is 5.88 Å². The summed E-state index contributed by atoms with van der Waals surface area (Å²) in [5, 5.41) is 0.650. The number of ether oxygens (including phenoxy) is 2. The zero-order valence-corrected chi connectivity index (χ0v) is 28.1. The summed E-state index contributed by atoms with van der Waals surface area (Å²) in [6.45, 7) is 21.2. The fourth-order valence-corrected chi connectivity index (χ4v) is 7.89. The molecule has 224 valence electrons. The molecule has 1 fully saturated rings. The van der Waals surface area contributed by atoms with Crippen LogP contribution in [-0.2, 0) is 27.9 Å². The van der Waals surface area contributed by atoms with Gasteiger partial charge in [-0.25, -0.2) is 14.2 Å². The van der Waals surface area contributed by atoms with Gasteiger partial charge in [-0.3, -0.25) is 4.57 Å². The van der Waals surface area contributed by atoms with Crippen LogP contribution in [0, 0.1) is 0 Å². The zero-order valence-electron chi connectivity index (χ0n) is 25.3. The minimum Gasteiger partial charge on any atom is -0.479 e. The first-order valence-electron chi connectivity index (χ1n) is 13.3. The Bertz CT molecular complexity index is 1410. The van der Waals surface area contributed by atoms with E-state index in [9.17, 15) is 8.42 Å². The first-order valence-corrected chi connectivity index (χ1v) is 20.6. The summed E-state index contributed by atoms with van der Waals surface area (Å²) >= 11 is 0. The first-order chi connectivity index (χ1) is 18.2. The van der Waals surface area contributed by atoms with E-state index in [1.807, 2.05) is 0 Å². The van der Waals surface area contributed by atoms with Crippen LogP contribution in [-0.4, -0.2) is 76.1 Å². The van der Waals surface area contributed by atoms with Gasteiger partial charge in [0.15, 0.2) is 39.6 Å². The first kappa shape index (κ1) is 31.1. The molecule has 15 heteroatoms. The van der Waals surface area contributed by atoms with Crippen molar-refractivity contribution in [3.8, 4) is 5.88 Å². The number of rotatable bonds is 7. The van der Waals surface area contributed by atoms with E-state index in [1.165, 1.54) is 13.4 Å². The van der Waals surface area contributed by atoms with Crippen LogP contribution >= 0.6 is 0 Å². The molecule has 0 aliphatic carbocycles.